The Bertz CT molecular complexity index is 589. The summed E-state index contributed by atoms with van der Waals surface area (Å²) in [5, 5.41) is 9.51. The van der Waals surface area contributed by atoms with Crippen molar-refractivity contribution in [2.75, 3.05) is 19.8 Å². The number of carboxylic acid groups (broad SMARTS) is 1. The first-order valence-corrected chi connectivity index (χ1v) is 9.31. The lowest BCUT2D eigenvalue weighted by Gasteiger charge is -2.24. The maximum absolute atomic E-state index is 12.5. The van der Waals surface area contributed by atoms with Crippen LogP contribution in [0.15, 0.2) is 30.3 Å². The van der Waals surface area contributed by atoms with Gasteiger partial charge in [0.1, 0.15) is 6.04 Å². The Labute approximate surface area is 149 Å². The number of carbonyl (C=O) groups is 2. The molecule has 2 fully saturated rings. The molecule has 1 heterocycles. The fourth-order valence-corrected chi connectivity index (χ4v) is 4.28. The van der Waals surface area contributed by atoms with Crippen molar-refractivity contribution in [3.63, 3.8) is 0 Å². The fourth-order valence-electron chi connectivity index (χ4n) is 4.28. The van der Waals surface area contributed by atoms with E-state index in [0.717, 1.165) is 25.7 Å². The molecule has 25 heavy (non-hydrogen) atoms. The van der Waals surface area contributed by atoms with Crippen LogP contribution in [0.3, 0.4) is 0 Å². The van der Waals surface area contributed by atoms with Gasteiger partial charge in [0.05, 0.1) is 6.61 Å². The average Bonchev–Trinajstić information content (AvgIpc) is 3.19. The second-order valence-corrected chi connectivity index (χ2v) is 7.14. The number of carbonyl (C=O) groups excluding carboxylic acids is 1. The lowest BCUT2D eigenvalue weighted by molar-refractivity contribution is -0.149. The number of likely N-dealkylation sites (tertiary alicyclic amines) is 1. The molecule has 5 heteroatoms. The van der Waals surface area contributed by atoms with Crippen LogP contribution in [-0.4, -0.2) is 47.7 Å². The van der Waals surface area contributed by atoms with Gasteiger partial charge >= 0.3 is 5.97 Å². The van der Waals surface area contributed by atoms with Gasteiger partial charge in [-0.25, -0.2) is 4.79 Å². The molecule has 1 N–H and O–H groups in total. The Kier molecular flexibility index (Phi) is 6.08. The molecule has 1 aromatic carbocycles. The summed E-state index contributed by atoms with van der Waals surface area (Å²) in [5.41, 5.74) is 1.24. The topological polar surface area (TPSA) is 66.8 Å². The van der Waals surface area contributed by atoms with Crippen LogP contribution in [0.5, 0.6) is 0 Å². The van der Waals surface area contributed by atoms with Gasteiger partial charge in [-0.3, -0.25) is 4.79 Å². The predicted molar refractivity (Wildman–Crippen MR) is 94.2 cm³/mol. The summed E-state index contributed by atoms with van der Waals surface area (Å²) in [4.78, 5) is 25.7. The number of benzene rings is 1. The summed E-state index contributed by atoms with van der Waals surface area (Å²) in [6.07, 6.45) is 4.97. The third-order valence-electron chi connectivity index (χ3n) is 5.52. The van der Waals surface area contributed by atoms with Gasteiger partial charge < -0.3 is 14.7 Å². The van der Waals surface area contributed by atoms with E-state index in [2.05, 4.69) is 12.1 Å². The van der Waals surface area contributed by atoms with Crippen LogP contribution in [0.25, 0.3) is 0 Å². The highest BCUT2D eigenvalue weighted by atomic mass is 16.5. The van der Waals surface area contributed by atoms with Crippen molar-refractivity contribution in [3.8, 4) is 0 Å². The average molecular weight is 345 g/mol. The highest BCUT2D eigenvalue weighted by Gasteiger charge is 2.49. The molecule has 1 amide bonds. The van der Waals surface area contributed by atoms with E-state index in [1.54, 1.807) is 4.90 Å². The third-order valence-corrected chi connectivity index (χ3v) is 5.52. The summed E-state index contributed by atoms with van der Waals surface area (Å²) in [5.74, 6) is -0.342. The van der Waals surface area contributed by atoms with Gasteiger partial charge in [-0.15, -0.1) is 0 Å². The van der Waals surface area contributed by atoms with E-state index in [9.17, 15) is 14.7 Å². The number of amides is 1. The van der Waals surface area contributed by atoms with Crippen LogP contribution in [0, 0.1) is 11.8 Å². The zero-order valence-electron chi connectivity index (χ0n) is 14.6. The van der Waals surface area contributed by atoms with Crippen molar-refractivity contribution >= 4 is 11.9 Å². The van der Waals surface area contributed by atoms with Crippen molar-refractivity contribution in [2.24, 2.45) is 11.8 Å². The van der Waals surface area contributed by atoms with Crippen LogP contribution >= 0.6 is 0 Å². The van der Waals surface area contributed by atoms with Gasteiger partial charge in [0.15, 0.2) is 0 Å². The highest BCUT2D eigenvalue weighted by Crippen LogP contribution is 2.42. The largest absolute Gasteiger partial charge is 0.480 e. The molecule has 1 aromatic rings. The second kappa shape index (κ2) is 8.48. The summed E-state index contributed by atoms with van der Waals surface area (Å²) in [7, 11) is 0. The molecule has 1 saturated heterocycles. The van der Waals surface area contributed by atoms with E-state index in [1.807, 2.05) is 18.2 Å². The van der Waals surface area contributed by atoms with Crippen molar-refractivity contribution in [3.05, 3.63) is 35.9 Å². The quantitative estimate of drug-likeness (QED) is 0.736. The van der Waals surface area contributed by atoms with Gasteiger partial charge in [0, 0.05) is 19.6 Å². The lowest BCUT2D eigenvalue weighted by Crippen LogP contribution is -2.43. The first-order valence-electron chi connectivity index (χ1n) is 9.31. The molecule has 0 radical (unpaired) electrons. The molecule has 1 aliphatic heterocycles. The molecular formula is C20H27NO4. The zero-order valence-corrected chi connectivity index (χ0v) is 14.6. The first-order chi connectivity index (χ1) is 12.2. The summed E-state index contributed by atoms with van der Waals surface area (Å²) in [6.45, 7) is 1.80. The van der Waals surface area contributed by atoms with E-state index in [1.165, 1.54) is 5.56 Å². The Morgan fingerprint density at radius 2 is 1.96 bits per heavy atom. The van der Waals surface area contributed by atoms with Crippen LogP contribution in [0.2, 0.25) is 0 Å². The van der Waals surface area contributed by atoms with Crippen LogP contribution in [0.1, 0.15) is 37.7 Å². The summed E-state index contributed by atoms with van der Waals surface area (Å²) < 4.78 is 5.61. The molecule has 5 nitrogen and oxygen atoms in total. The molecule has 1 aliphatic carbocycles. The number of hydrogen-bond acceptors (Lipinski definition) is 3. The number of fused-ring (bicyclic) bond motifs is 1. The molecule has 0 bridgehead atoms. The van der Waals surface area contributed by atoms with E-state index in [-0.39, 0.29) is 11.8 Å². The van der Waals surface area contributed by atoms with Crippen molar-refractivity contribution in [1.29, 1.82) is 0 Å². The van der Waals surface area contributed by atoms with Crippen molar-refractivity contribution in [2.45, 2.75) is 44.6 Å². The Hall–Kier alpha value is -1.88. The third kappa shape index (κ3) is 4.40. The molecule has 1 saturated carbocycles. The summed E-state index contributed by atoms with van der Waals surface area (Å²) in [6, 6.07) is 9.55. The van der Waals surface area contributed by atoms with Crippen LogP contribution in [0.4, 0.5) is 0 Å². The molecule has 3 atom stereocenters. The Morgan fingerprint density at radius 1 is 1.16 bits per heavy atom. The van der Waals surface area contributed by atoms with Gasteiger partial charge in [-0.05, 0) is 43.1 Å². The smallest absolute Gasteiger partial charge is 0.326 e. The number of nitrogens with zero attached hydrogens (tertiary/aromatic N) is 1. The zero-order chi connectivity index (χ0) is 17.6. The molecule has 3 rings (SSSR count). The van der Waals surface area contributed by atoms with Gasteiger partial charge in [0.2, 0.25) is 5.91 Å². The maximum Gasteiger partial charge on any atom is 0.326 e. The minimum absolute atomic E-state index is 0.0338. The minimum atomic E-state index is -0.845. The normalized spacial score (nSPS) is 25.1. The number of carboxylic acids is 1. The lowest BCUT2D eigenvalue weighted by atomic mass is 9.94. The SMILES string of the molecule is O=C(O)C1C2CCCC2CN1C(=O)CCCOCCc1ccccc1. The van der Waals surface area contributed by atoms with Crippen molar-refractivity contribution in [1.82, 2.24) is 4.90 Å². The first kappa shape index (κ1) is 17.9. The molecule has 136 valence electrons. The van der Waals surface area contributed by atoms with Gasteiger partial charge in [-0.2, -0.15) is 0 Å². The Balaban J connectivity index is 1.37. The standard InChI is InChI=1S/C20H27NO4/c22-18(10-5-12-25-13-11-15-6-2-1-3-7-15)21-14-16-8-4-9-17(16)19(21)20(23)24/h1-3,6-7,16-17,19H,4-5,8-14H2,(H,23,24). The maximum atomic E-state index is 12.5. The number of rotatable bonds is 8. The van der Waals surface area contributed by atoms with Gasteiger partial charge in [0.25, 0.3) is 0 Å². The van der Waals surface area contributed by atoms with Crippen molar-refractivity contribution < 1.29 is 19.4 Å². The second-order valence-electron chi connectivity index (χ2n) is 7.14. The molecule has 3 unspecified atom stereocenters. The van der Waals surface area contributed by atoms with E-state index < -0.39 is 12.0 Å². The number of aliphatic carboxylic acids is 1. The number of hydrogen-bond donors (Lipinski definition) is 1. The fraction of sp³-hybridized carbons (Fsp3) is 0.600. The minimum Gasteiger partial charge on any atom is -0.480 e. The molecule has 2 aliphatic rings. The number of ether oxygens (including phenoxy) is 1. The highest BCUT2D eigenvalue weighted by molar-refractivity contribution is 5.84. The van der Waals surface area contributed by atoms with E-state index in [0.29, 0.717) is 38.5 Å². The molecular weight excluding hydrogens is 318 g/mol. The van der Waals surface area contributed by atoms with Gasteiger partial charge in [-0.1, -0.05) is 36.8 Å². The van der Waals surface area contributed by atoms with Crippen LogP contribution in [-0.2, 0) is 20.7 Å². The van der Waals surface area contributed by atoms with E-state index >= 15 is 0 Å². The van der Waals surface area contributed by atoms with E-state index in [4.69, 9.17) is 4.74 Å². The summed E-state index contributed by atoms with van der Waals surface area (Å²) >= 11 is 0. The monoisotopic (exact) mass is 345 g/mol. The predicted octanol–water partition coefficient (Wildman–Crippen LogP) is 2.74. The van der Waals surface area contributed by atoms with Crippen LogP contribution < -0.4 is 0 Å². The molecule has 0 aromatic heterocycles. The Morgan fingerprint density at radius 3 is 2.72 bits per heavy atom. The molecule has 0 spiro atoms.